The van der Waals surface area contributed by atoms with Crippen LogP contribution in [-0.4, -0.2) is 29.8 Å². The van der Waals surface area contributed by atoms with Gasteiger partial charge >= 0.3 is 0 Å². The minimum absolute atomic E-state index is 0.0346. The van der Waals surface area contributed by atoms with Crippen LogP contribution in [0.1, 0.15) is 57.5 Å². The number of ketones is 1. The fourth-order valence-corrected chi connectivity index (χ4v) is 4.78. The van der Waals surface area contributed by atoms with E-state index in [1.54, 1.807) is 30.6 Å². The molecule has 5 nitrogen and oxygen atoms in total. The molecule has 1 aliphatic heterocycles. The molecule has 1 saturated carbocycles. The van der Waals surface area contributed by atoms with Crippen LogP contribution in [0.15, 0.2) is 67.0 Å². The van der Waals surface area contributed by atoms with Gasteiger partial charge in [-0.15, -0.1) is 0 Å². The van der Waals surface area contributed by atoms with E-state index in [0.717, 1.165) is 29.9 Å². The molecule has 2 heterocycles. The maximum atomic E-state index is 13.2. The summed E-state index contributed by atoms with van der Waals surface area (Å²) >= 11 is 0. The number of carbonyl (C=O) groups is 2. The number of carbonyl (C=O) groups excluding carboxylic acids is 2. The van der Waals surface area contributed by atoms with Crippen molar-refractivity contribution in [3.05, 3.63) is 89.2 Å². The van der Waals surface area contributed by atoms with Gasteiger partial charge in [0.25, 0.3) is 5.91 Å². The quantitative estimate of drug-likeness (QED) is 0.519. The Morgan fingerprint density at radius 3 is 2.55 bits per heavy atom. The first-order valence-electron chi connectivity index (χ1n) is 11.7. The van der Waals surface area contributed by atoms with Gasteiger partial charge in [0.2, 0.25) is 0 Å². The highest BCUT2D eigenvalue weighted by atomic mass is 16.1. The fourth-order valence-electron chi connectivity index (χ4n) is 4.78. The molecule has 5 heteroatoms. The summed E-state index contributed by atoms with van der Waals surface area (Å²) in [6, 6.07) is 16.9. The Balaban J connectivity index is 1.30. The number of rotatable bonds is 6. The molecule has 2 aliphatic rings. The van der Waals surface area contributed by atoms with Gasteiger partial charge in [0, 0.05) is 37.0 Å². The summed E-state index contributed by atoms with van der Waals surface area (Å²) in [7, 11) is 0. The van der Waals surface area contributed by atoms with E-state index in [-0.39, 0.29) is 11.7 Å². The monoisotopic (exact) mass is 439 g/mol. The van der Waals surface area contributed by atoms with E-state index in [1.807, 2.05) is 43.3 Å². The molecule has 1 aliphatic carbocycles. The smallest absolute Gasteiger partial charge is 0.257 e. The molecule has 1 N–H and O–H groups in total. The van der Waals surface area contributed by atoms with Crippen LogP contribution >= 0.6 is 0 Å². The lowest BCUT2D eigenvalue weighted by Gasteiger charge is -2.34. The van der Waals surface area contributed by atoms with Crippen molar-refractivity contribution in [1.82, 2.24) is 4.98 Å². The molecule has 0 radical (unpaired) electrons. The minimum Gasteiger partial charge on any atom is -0.370 e. The molecule has 1 aromatic heterocycles. The van der Waals surface area contributed by atoms with E-state index >= 15 is 0 Å². The van der Waals surface area contributed by atoms with Gasteiger partial charge in [-0.2, -0.15) is 0 Å². The molecule has 3 aromatic rings. The molecule has 0 bridgehead atoms. The van der Waals surface area contributed by atoms with Crippen molar-refractivity contribution in [2.24, 2.45) is 5.41 Å². The number of nitrogens with zero attached hydrogens (tertiary/aromatic N) is 2. The predicted molar refractivity (Wildman–Crippen MR) is 131 cm³/mol. The van der Waals surface area contributed by atoms with Gasteiger partial charge < -0.3 is 10.2 Å². The van der Waals surface area contributed by atoms with Crippen LogP contribution in [0.25, 0.3) is 0 Å². The van der Waals surface area contributed by atoms with E-state index < -0.39 is 0 Å². The van der Waals surface area contributed by atoms with Gasteiger partial charge in [-0.3, -0.25) is 14.6 Å². The van der Waals surface area contributed by atoms with Crippen LogP contribution in [0.2, 0.25) is 0 Å². The lowest BCUT2D eigenvalue weighted by Crippen LogP contribution is -2.35. The lowest BCUT2D eigenvalue weighted by molar-refractivity contribution is 0.0989. The average Bonchev–Trinajstić information content (AvgIpc) is 3.60. The predicted octanol–water partition coefficient (Wildman–Crippen LogP) is 5.45. The molecular weight excluding hydrogens is 410 g/mol. The lowest BCUT2D eigenvalue weighted by atomic mass is 9.93. The first-order chi connectivity index (χ1) is 16.0. The number of piperidine rings is 1. The minimum atomic E-state index is -0.178. The Hall–Kier alpha value is -3.47. The number of aromatic nitrogens is 1. The molecule has 1 amide bonds. The summed E-state index contributed by atoms with van der Waals surface area (Å²) in [5, 5.41) is 2.99. The number of pyridine rings is 1. The van der Waals surface area contributed by atoms with Gasteiger partial charge in [0.1, 0.15) is 0 Å². The first kappa shape index (κ1) is 21.4. The third-order valence-corrected chi connectivity index (χ3v) is 7.22. The van der Waals surface area contributed by atoms with Crippen LogP contribution in [0, 0.1) is 12.3 Å². The standard InChI is InChI=1S/C28H29N3O2/c1-20-5-2-3-6-21(20)18-26(32)22-7-4-8-23(17-22)30-27(33)24-9-14-29-19-25(24)31-15-12-28(10-11-28)13-16-31/h2-9,14,17,19H,10-13,15-16,18H2,1H3,(H,30,33). The van der Waals surface area contributed by atoms with Crippen molar-refractivity contribution in [1.29, 1.82) is 0 Å². The third kappa shape index (κ3) is 4.68. The molecule has 33 heavy (non-hydrogen) atoms. The van der Waals surface area contributed by atoms with E-state index in [1.165, 1.54) is 25.7 Å². The number of Topliss-reactive ketones (excluding diaryl/α,β-unsaturated/α-hetero) is 1. The summed E-state index contributed by atoms with van der Waals surface area (Å²) in [4.78, 5) is 32.6. The van der Waals surface area contributed by atoms with E-state index in [9.17, 15) is 9.59 Å². The average molecular weight is 440 g/mol. The van der Waals surface area contributed by atoms with E-state index in [2.05, 4.69) is 15.2 Å². The zero-order valence-electron chi connectivity index (χ0n) is 19.0. The molecule has 168 valence electrons. The topological polar surface area (TPSA) is 62.3 Å². The molecule has 0 atom stereocenters. The fraction of sp³-hybridized carbons (Fsp3) is 0.321. The molecule has 1 saturated heterocycles. The van der Waals surface area contributed by atoms with Crippen molar-refractivity contribution in [2.45, 2.75) is 39.0 Å². The van der Waals surface area contributed by atoms with Crippen LogP contribution in [0.4, 0.5) is 11.4 Å². The van der Waals surface area contributed by atoms with Crippen molar-refractivity contribution >= 4 is 23.1 Å². The molecule has 5 rings (SSSR count). The summed E-state index contributed by atoms with van der Waals surface area (Å²) < 4.78 is 0. The Morgan fingerprint density at radius 1 is 1.00 bits per heavy atom. The molecule has 0 unspecified atom stereocenters. The summed E-state index contributed by atoms with van der Waals surface area (Å²) in [6.45, 7) is 3.95. The van der Waals surface area contributed by atoms with E-state index in [4.69, 9.17) is 0 Å². The number of hydrogen-bond donors (Lipinski definition) is 1. The second kappa shape index (κ2) is 8.81. The largest absolute Gasteiger partial charge is 0.370 e. The normalized spacial score (nSPS) is 16.5. The zero-order valence-corrected chi connectivity index (χ0v) is 19.0. The molecule has 1 spiro atoms. The van der Waals surface area contributed by atoms with E-state index in [0.29, 0.717) is 28.7 Å². The second-order valence-electron chi connectivity index (χ2n) is 9.44. The maximum absolute atomic E-state index is 13.2. The van der Waals surface area contributed by atoms with Crippen molar-refractivity contribution < 1.29 is 9.59 Å². The van der Waals surface area contributed by atoms with Gasteiger partial charge in [0.15, 0.2) is 5.78 Å². The van der Waals surface area contributed by atoms with Crippen LogP contribution < -0.4 is 10.2 Å². The molecule has 2 aromatic carbocycles. The molecular formula is C28H29N3O2. The number of anilines is 2. The van der Waals surface area contributed by atoms with Crippen molar-refractivity contribution in [2.75, 3.05) is 23.3 Å². The Labute approximate surface area is 194 Å². The van der Waals surface area contributed by atoms with Crippen LogP contribution in [0.3, 0.4) is 0 Å². The van der Waals surface area contributed by atoms with Gasteiger partial charge in [-0.25, -0.2) is 0 Å². The van der Waals surface area contributed by atoms with Gasteiger partial charge in [-0.05, 0) is 67.3 Å². The first-order valence-corrected chi connectivity index (χ1v) is 11.7. The highest BCUT2D eigenvalue weighted by Crippen LogP contribution is 2.54. The Kier molecular flexibility index (Phi) is 5.71. The van der Waals surface area contributed by atoms with Gasteiger partial charge in [-0.1, -0.05) is 36.4 Å². The maximum Gasteiger partial charge on any atom is 0.257 e. The third-order valence-electron chi connectivity index (χ3n) is 7.22. The number of benzene rings is 2. The van der Waals surface area contributed by atoms with Crippen molar-refractivity contribution in [3.63, 3.8) is 0 Å². The summed E-state index contributed by atoms with van der Waals surface area (Å²) in [5.74, 6) is -0.144. The molecule has 2 fully saturated rings. The Morgan fingerprint density at radius 2 is 1.79 bits per heavy atom. The number of hydrogen-bond acceptors (Lipinski definition) is 4. The second-order valence-corrected chi connectivity index (χ2v) is 9.44. The summed E-state index contributed by atoms with van der Waals surface area (Å²) in [5.41, 5.74) is 5.42. The highest BCUT2D eigenvalue weighted by molar-refractivity contribution is 6.08. The highest BCUT2D eigenvalue weighted by Gasteiger charge is 2.44. The summed E-state index contributed by atoms with van der Waals surface area (Å²) in [6.07, 6.45) is 8.87. The number of aryl methyl sites for hydroxylation is 1. The number of nitrogens with one attached hydrogen (secondary N) is 1. The SMILES string of the molecule is Cc1ccccc1CC(=O)c1cccc(NC(=O)c2ccncc2N2CCC3(CC2)CC3)c1. The Bertz CT molecular complexity index is 1190. The van der Waals surface area contributed by atoms with Crippen LogP contribution in [0.5, 0.6) is 0 Å². The van der Waals surface area contributed by atoms with Crippen LogP contribution in [-0.2, 0) is 6.42 Å². The zero-order chi connectivity index (χ0) is 22.8. The number of amides is 1. The van der Waals surface area contributed by atoms with Gasteiger partial charge in [0.05, 0.1) is 17.4 Å². The van der Waals surface area contributed by atoms with Crippen molar-refractivity contribution in [3.8, 4) is 0 Å².